The molecule has 1 atom stereocenters. The number of amides is 1. The number of thioether (sulfide) groups is 1. The fraction of sp³-hybridized carbons (Fsp3) is 0.333. The molecule has 0 saturated carbocycles. The first-order chi connectivity index (χ1) is 8.60. The summed E-state index contributed by atoms with van der Waals surface area (Å²) in [7, 11) is 0. The number of nitrogens with zero attached hydrogens (tertiary/aromatic N) is 1. The van der Waals surface area contributed by atoms with Crippen LogP contribution in [0, 0.1) is 0 Å². The topological polar surface area (TPSA) is 55.1 Å². The van der Waals surface area contributed by atoms with Crippen LogP contribution in [-0.2, 0) is 4.79 Å². The number of carbonyl (C=O) groups is 1. The van der Waals surface area contributed by atoms with Crippen LogP contribution in [0.1, 0.15) is 13.8 Å². The van der Waals surface area contributed by atoms with E-state index in [1.54, 1.807) is 18.2 Å². The summed E-state index contributed by atoms with van der Waals surface area (Å²) >= 11 is 7.16. The van der Waals surface area contributed by atoms with Gasteiger partial charge in [0.2, 0.25) is 5.91 Å². The maximum Gasteiger partial charge on any atom is 0.257 e. The molecule has 0 unspecified atom stereocenters. The molecule has 0 aliphatic carbocycles. The van der Waals surface area contributed by atoms with E-state index in [1.165, 1.54) is 11.8 Å². The summed E-state index contributed by atoms with van der Waals surface area (Å²) in [6.45, 7) is 4.32. The Kier molecular flexibility index (Phi) is 4.14. The van der Waals surface area contributed by atoms with Gasteiger partial charge in [0.15, 0.2) is 5.58 Å². The van der Waals surface area contributed by atoms with Crippen molar-refractivity contribution in [1.29, 1.82) is 0 Å². The molecule has 1 aromatic carbocycles. The first kappa shape index (κ1) is 13.2. The first-order valence-electron chi connectivity index (χ1n) is 5.60. The number of hydrogen-bond acceptors (Lipinski definition) is 4. The van der Waals surface area contributed by atoms with E-state index in [1.807, 2.05) is 13.8 Å². The van der Waals surface area contributed by atoms with Crippen LogP contribution < -0.4 is 5.32 Å². The highest BCUT2D eigenvalue weighted by atomic mass is 35.5. The van der Waals surface area contributed by atoms with Crippen LogP contribution in [0.2, 0.25) is 5.02 Å². The van der Waals surface area contributed by atoms with Crippen molar-refractivity contribution in [2.45, 2.75) is 24.3 Å². The van der Waals surface area contributed by atoms with Crippen LogP contribution in [-0.4, -0.2) is 22.7 Å². The second-order valence-corrected chi connectivity index (χ2v) is 5.47. The van der Waals surface area contributed by atoms with E-state index in [-0.39, 0.29) is 11.2 Å². The molecule has 18 heavy (non-hydrogen) atoms. The van der Waals surface area contributed by atoms with Gasteiger partial charge in [0.25, 0.3) is 5.22 Å². The smallest absolute Gasteiger partial charge is 0.257 e. The van der Waals surface area contributed by atoms with E-state index in [9.17, 15) is 4.79 Å². The number of nitrogens with one attached hydrogen (secondary N) is 1. The van der Waals surface area contributed by atoms with Crippen molar-refractivity contribution in [3.8, 4) is 0 Å². The van der Waals surface area contributed by atoms with E-state index in [0.29, 0.717) is 22.4 Å². The van der Waals surface area contributed by atoms with Gasteiger partial charge >= 0.3 is 0 Å². The Morgan fingerprint density at radius 3 is 3.11 bits per heavy atom. The number of benzene rings is 1. The summed E-state index contributed by atoms with van der Waals surface area (Å²) in [5, 5.41) is 3.60. The SMILES string of the molecule is CCNC(=O)[C@H](C)Sc1nc2ccc(Cl)cc2o1. The average molecular weight is 285 g/mol. The van der Waals surface area contributed by atoms with Crippen LogP contribution >= 0.6 is 23.4 Å². The largest absolute Gasteiger partial charge is 0.431 e. The number of hydrogen-bond donors (Lipinski definition) is 1. The third-order valence-electron chi connectivity index (χ3n) is 2.33. The van der Waals surface area contributed by atoms with Crippen LogP contribution in [0.5, 0.6) is 0 Å². The lowest BCUT2D eigenvalue weighted by atomic mass is 10.3. The number of oxazole rings is 1. The minimum absolute atomic E-state index is 0.0252. The summed E-state index contributed by atoms with van der Waals surface area (Å²) in [5.41, 5.74) is 1.37. The van der Waals surface area contributed by atoms with Crippen molar-refractivity contribution in [1.82, 2.24) is 10.3 Å². The van der Waals surface area contributed by atoms with Crippen molar-refractivity contribution in [3.05, 3.63) is 23.2 Å². The molecule has 0 fully saturated rings. The summed E-state index contributed by atoms with van der Waals surface area (Å²) in [6.07, 6.45) is 0. The van der Waals surface area contributed by atoms with Gasteiger partial charge in [-0.3, -0.25) is 4.79 Å². The monoisotopic (exact) mass is 284 g/mol. The highest BCUT2D eigenvalue weighted by Crippen LogP contribution is 2.28. The molecule has 2 rings (SSSR count). The van der Waals surface area contributed by atoms with Crippen LogP contribution in [0.25, 0.3) is 11.1 Å². The summed E-state index contributed by atoms with van der Waals surface area (Å²) in [6, 6.07) is 5.26. The second-order valence-electron chi connectivity index (χ2n) is 3.75. The Morgan fingerprint density at radius 2 is 2.39 bits per heavy atom. The zero-order valence-corrected chi connectivity index (χ0v) is 11.6. The molecular formula is C12H13ClN2O2S. The molecular weight excluding hydrogens is 272 g/mol. The Morgan fingerprint density at radius 1 is 1.61 bits per heavy atom. The Balaban J connectivity index is 2.14. The quantitative estimate of drug-likeness (QED) is 0.877. The third kappa shape index (κ3) is 2.97. The number of halogens is 1. The van der Waals surface area contributed by atoms with Gasteiger partial charge in [0, 0.05) is 17.6 Å². The second kappa shape index (κ2) is 5.63. The number of rotatable bonds is 4. The molecule has 0 bridgehead atoms. The number of aromatic nitrogens is 1. The van der Waals surface area contributed by atoms with Crippen LogP contribution in [0.3, 0.4) is 0 Å². The number of carbonyl (C=O) groups excluding carboxylic acids is 1. The molecule has 0 aliphatic heterocycles. The molecule has 0 radical (unpaired) electrons. The summed E-state index contributed by atoms with van der Waals surface area (Å²) < 4.78 is 5.54. The van der Waals surface area contributed by atoms with E-state index >= 15 is 0 Å². The maximum absolute atomic E-state index is 11.6. The zero-order valence-electron chi connectivity index (χ0n) is 10.1. The highest BCUT2D eigenvalue weighted by molar-refractivity contribution is 8.00. The van der Waals surface area contributed by atoms with Crippen molar-refractivity contribution in [2.75, 3.05) is 6.54 Å². The lowest BCUT2D eigenvalue weighted by Crippen LogP contribution is -2.30. The van der Waals surface area contributed by atoms with Crippen molar-refractivity contribution in [2.24, 2.45) is 0 Å². The molecule has 0 saturated heterocycles. The molecule has 1 N–H and O–H groups in total. The van der Waals surface area contributed by atoms with Gasteiger partial charge in [0.1, 0.15) is 5.52 Å². The Hall–Kier alpha value is -1.20. The van der Waals surface area contributed by atoms with Gasteiger partial charge in [0.05, 0.1) is 5.25 Å². The average Bonchev–Trinajstić information content (AvgIpc) is 2.70. The van der Waals surface area contributed by atoms with Crippen molar-refractivity contribution < 1.29 is 9.21 Å². The van der Waals surface area contributed by atoms with Gasteiger partial charge in [-0.2, -0.15) is 0 Å². The number of fused-ring (bicyclic) bond motifs is 1. The van der Waals surface area contributed by atoms with E-state index in [0.717, 1.165) is 5.52 Å². The van der Waals surface area contributed by atoms with Gasteiger partial charge in [-0.05, 0) is 26.0 Å². The Labute approximate surface area is 114 Å². The van der Waals surface area contributed by atoms with Crippen LogP contribution in [0.4, 0.5) is 0 Å². The molecule has 96 valence electrons. The van der Waals surface area contributed by atoms with E-state index in [4.69, 9.17) is 16.0 Å². The van der Waals surface area contributed by atoms with E-state index in [2.05, 4.69) is 10.3 Å². The molecule has 0 aliphatic rings. The van der Waals surface area contributed by atoms with Crippen molar-refractivity contribution in [3.63, 3.8) is 0 Å². The van der Waals surface area contributed by atoms with Gasteiger partial charge in [-0.15, -0.1) is 0 Å². The predicted molar refractivity (Wildman–Crippen MR) is 73.0 cm³/mol. The standard InChI is InChI=1S/C12H13ClN2O2S/c1-3-14-11(16)7(2)18-12-15-9-5-4-8(13)6-10(9)17-12/h4-7H,3H2,1-2H3,(H,14,16)/t7-/m0/s1. The molecule has 2 aromatic rings. The summed E-state index contributed by atoms with van der Waals surface area (Å²) in [5.74, 6) is -0.0252. The minimum Gasteiger partial charge on any atom is -0.431 e. The Bertz CT molecular complexity index is 570. The zero-order chi connectivity index (χ0) is 13.1. The first-order valence-corrected chi connectivity index (χ1v) is 6.86. The molecule has 1 amide bonds. The lowest BCUT2D eigenvalue weighted by Gasteiger charge is -2.07. The molecule has 6 heteroatoms. The normalized spacial score (nSPS) is 12.6. The molecule has 1 aromatic heterocycles. The fourth-order valence-corrected chi connectivity index (χ4v) is 2.39. The fourth-order valence-electron chi connectivity index (χ4n) is 1.45. The van der Waals surface area contributed by atoms with Crippen molar-refractivity contribution >= 4 is 40.4 Å². The van der Waals surface area contributed by atoms with Gasteiger partial charge in [-0.25, -0.2) is 4.98 Å². The lowest BCUT2D eigenvalue weighted by molar-refractivity contribution is -0.120. The van der Waals surface area contributed by atoms with Gasteiger partial charge < -0.3 is 9.73 Å². The molecule has 1 heterocycles. The minimum atomic E-state index is -0.242. The summed E-state index contributed by atoms with van der Waals surface area (Å²) in [4.78, 5) is 15.9. The van der Waals surface area contributed by atoms with Gasteiger partial charge in [-0.1, -0.05) is 23.4 Å². The molecule has 0 spiro atoms. The predicted octanol–water partition coefficient (Wildman–Crippen LogP) is 3.10. The third-order valence-corrected chi connectivity index (χ3v) is 3.51. The molecule has 4 nitrogen and oxygen atoms in total. The van der Waals surface area contributed by atoms with Crippen LogP contribution in [0.15, 0.2) is 27.8 Å². The highest BCUT2D eigenvalue weighted by Gasteiger charge is 2.17. The van der Waals surface area contributed by atoms with E-state index < -0.39 is 0 Å². The maximum atomic E-state index is 11.6.